The van der Waals surface area contributed by atoms with E-state index in [1.54, 1.807) is 19.1 Å². The first-order valence-electron chi connectivity index (χ1n) is 7.52. The van der Waals surface area contributed by atoms with Crippen molar-refractivity contribution < 1.29 is 29.6 Å². The second-order valence-corrected chi connectivity index (χ2v) is 5.52. The van der Waals surface area contributed by atoms with E-state index in [1.807, 2.05) is 0 Å². The summed E-state index contributed by atoms with van der Waals surface area (Å²) in [5.74, 6) is -0.855. The third kappa shape index (κ3) is 4.10. The number of allylic oxidation sites excluding steroid dienone is 1. The molecule has 0 amide bonds. The maximum atomic E-state index is 12.5. The van der Waals surface area contributed by atoms with Crippen LogP contribution in [0.2, 0.25) is 0 Å². The maximum Gasteiger partial charge on any atom is 0.180 e. The minimum atomic E-state index is -1.13. The summed E-state index contributed by atoms with van der Waals surface area (Å²) in [5.41, 5.74) is 1.31. The van der Waals surface area contributed by atoms with Gasteiger partial charge in [0, 0.05) is 25.9 Å². The fourth-order valence-electron chi connectivity index (χ4n) is 2.76. The van der Waals surface area contributed by atoms with Crippen molar-refractivity contribution in [3.63, 3.8) is 0 Å². The summed E-state index contributed by atoms with van der Waals surface area (Å²) in [6.45, 7) is 1.76. The zero-order chi connectivity index (χ0) is 17.0. The number of aromatic hydroxyl groups is 2. The number of aryl methyl sites for hydroxylation is 1. The van der Waals surface area contributed by atoms with E-state index in [0.29, 0.717) is 18.4 Å². The van der Waals surface area contributed by atoms with Crippen LogP contribution in [-0.2, 0) is 20.7 Å². The summed E-state index contributed by atoms with van der Waals surface area (Å²) in [7, 11) is 1.47. The first kappa shape index (κ1) is 17.5. The van der Waals surface area contributed by atoms with E-state index in [0.717, 1.165) is 5.56 Å². The van der Waals surface area contributed by atoms with Crippen LogP contribution in [0.3, 0.4) is 0 Å². The number of ketones is 1. The van der Waals surface area contributed by atoms with Crippen molar-refractivity contribution in [3.8, 4) is 11.5 Å². The molecule has 6 nitrogen and oxygen atoms in total. The van der Waals surface area contributed by atoms with Gasteiger partial charge in [-0.05, 0) is 36.6 Å². The Morgan fingerprint density at radius 2 is 2.13 bits per heavy atom. The molecule has 0 bridgehead atoms. The number of rotatable bonds is 5. The Hall–Kier alpha value is -1.89. The highest BCUT2D eigenvalue weighted by molar-refractivity contribution is 5.84. The number of Topliss-reactive ketones (excluding diaryl/α,β-unsaturated/α-hetero) is 1. The van der Waals surface area contributed by atoms with Gasteiger partial charge in [0.15, 0.2) is 24.1 Å². The molecule has 23 heavy (non-hydrogen) atoms. The van der Waals surface area contributed by atoms with Crippen molar-refractivity contribution in [2.24, 2.45) is 5.92 Å². The van der Waals surface area contributed by atoms with Crippen LogP contribution in [-0.4, -0.2) is 40.8 Å². The fraction of sp³-hybridized carbons (Fsp3) is 0.471. The third-order valence-corrected chi connectivity index (χ3v) is 4.08. The number of methoxy groups -OCH3 is 1. The molecule has 0 aromatic heterocycles. The Morgan fingerprint density at radius 3 is 2.74 bits per heavy atom. The monoisotopic (exact) mass is 322 g/mol. The first-order valence-corrected chi connectivity index (χ1v) is 7.52. The Balaban J connectivity index is 2.04. The molecule has 1 aromatic rings. The van der Waals surface area contributed by atoms with Crippen LogP contribution >= 0.6 is 0 Å². The Labute approximate surface area is 135 Å². The molecule has 1 fully saturated rings. The topological polar surface area (TPSA) is 96.2 Å². The molecule has 1 aliphatic rings. The summed E-state index contributed by atoms with van der Waals surface area (Å²) in [4.78, 5) is 12.5. The number of aliphatic hydroxyl groups excluding tert-OH is 1. The van der Waals surface area contributed by atoms with Crippen LogP contribution in [0.1, 0.15) is 25.3 Å². The predicted octanol–water partition coefficient (Wildman–Crippen LogP) is 1.87. The number of ether oxygens (including phenoxy) is 2. The molecule has 0 radical (unpaired) electrons. The number of benzene rings is 1. The van der Waals surface area contributed by atoms with Crippen LogP contribution < -0.4 is 0 Å². The molecule has 6 heteroatoms. The standard InChI is InChI=1S/C17H22O6/c1-3-11-12(9-16(22-2)23-17(11)21)13(18)6-4-10-5-7-14(19)15(20)8-10/h3,5,7-8,12,16-17,19-21H,4,6,9H2,1-2H3/b11-3-/t12-,16-,17-/m0/s1. The number of aliphatic hydroxyl groups is 1. The van der Waals surface area contributed by atoms with Gasteiger partial charge in [0.1, 0.15) is 5.78 Å². The molecule has 3 N–H and O–H groups in total. The quantitative estimate of drug-likeness (QED) is 0.566. The van der Waals surface area contributed by atoms with Gasteiger partial charge in [-0.1, -0.05) is 12.1 Å². The van der Waals surface area contributed by atoms with E-state index in [4.69, 9.17) is 9.47 Å². The summed E-state index contributed by atoms with van der Waals surface area (Å²) in [5, 5.41) is 28.7. The number of carbonyl (C=O) groups is 1. The van der Waals surface area contributed by atoms with Crippen molar-refractivity contribution >= 4 is 5.78 Å². The number of phenolic OH excluding ortho intramolecular Hbond substituents is 2. The van der Waals surface area contributed by atoms with Gasteiger partial charge in [-0.15, -0.1) is 0 Å². The molecule has 1 saturated heterocycles. The van der Waals surface area contributed by atoms with Crippen LogP contribution in [0.5, 0.6) is 11.5 Å². The zero-order valence-corrected chi connectivity index (χ0v) is 13.2. The zero-order valence-electron chi connectivity index (χ0n) is 13.2. The van der Waals surface area contributed by atoms with Crippen LogP contribution in [0.4, 0.5) is 0 Å². The maximum absolute atomic E-state index is 12.5. The van der Waals surface area contributed by atoms with Gasteiger partial charge in [0.25, 0.3) is 0 Å². The Morgan fingerprint density at radius 1 is 1.39 bits per heavy atom. The number of carbonyl (C=O) groups excluding carboxylic acids is 1. The average molecular weight is 322 g/mol. The van der Waals surface area contributed by atoms with Crippen molar-refractivity contribution in [1.29, 1.82) is 0 Å². The third-order valence-electron chi connectivity index (χ3n) is 4.08. The number of hydrogen-bond donors (Lipinski definition) is 3. The second kappa shape index (κ2) is 7.59. The fourth-order valence-corrected chi connectivity index (χ4v) is 2.76. The first-order chi connectivity index (χ1) is 11.0. The van der Waals surface area contributed by atoms with E-state index in [9.17, 15) is 20.1 Å². The molecule has 1 aliphatic heterocycles. The van der Waals surface area contributed by atoms with Crippen molar-refractivity contribution in [2.75, 3.05) is 7.11 Å². The number of phenols is 2. The van der Waals surface area contributed by atoms with Crippen LogP contribution in [0.15, 0.2) is 29.8 Å². The molecule has 0 spiro atoms. The van der Waals surface area contributed by atoms with Gasteiger partial charge in [-0.2, -0.15) is 0 Å². The Kier molecular flexibility index (Phi) is 5.76. The van der Waals surface area contributed by atoms with Crippen molar-refractivity contribution in [3.05, 3.63) is 35.4 Å². The second-order valence-electron chi connectivity index (χ2n) is 5.52. The van der Waals surface area contributed by atoms with E-state index in [1.165, 1.54) is 19.2 Å². The highest BCUT2D eigenvalue weighted by Crippen LogP contribution is 2.32. The summed E-state index contributed by atoms with van der Waals surface area (Å²) in [6, 6.07) is 4.50. The lowest BCUT2D eigenvalue weighted by atomic mass is 9.86. The smallest absolute Gasteiger partial charge is 0.180 e. The largest absolute Gasteiger partial charge is 0.504 e. The minimum Gasteiger partial charge on any atom is -0.504 e. The van der Waals surface area contributed by atoms with E-state index >= 15 is 0 Å². The predicted molar refractivity (Wildman–Crippen MR) is 82.9 cm³/mol. The van der Waals surface area contributed by atoms with Crippen molar-refractivity contribution in [1.82, 2.24) is 0 Å². The Bertz CT molecular complexity index is 595. The number of hydrogen-bond acceptors (Lipinski definition) is 6. The summed E-state index contributed by atoms with van der Waals surface area (Å²) < 4.78 is 10.4. The SMILES string of the molecule is C/C=C1/[C@@H](C(=O)CCc2ccc(O)c(O)c2)C[C@@H](OC)O[C@@H]1O. The molecule has 3 atom stereocenters. The minimum absolute atomic E-state index is 0.0185. The van der Waals surface area contributed by atoms with Gasteiger partial charge in [-0.25, -0.2) is 0 Å². The molecule has 126 valence electrons. The molecule has 0 aliphatic carbocycles. The lowest BCUT2D eigenvalue weighted by Gasteiger charge is -2.33. The summed E-state index contributed by atoms with van der Waals surface area (Å²) in [6.07, 6.45) is 1.02. The lowest BCUT2D eigenvalue weighted by molar-refractivity contribution is -0.229. The average Bonchev–Trinajstić information content (AvgIpc) is 2.54. The van der Waals surface area contributed by atoms with Crippen molar-refractivity contribution in [2.45, 2.75) is 38.8 Å². The highest BCUT2D eigenvalue weighted by atomic mass is 16.7. The van der Waals surface area contributed by atoms with Gasteiger partial charge in [0.2, 0.25) is 0 Å². The molecule has 1 heterocycles. The molecule has 0 saturated carbocycles. The van der Waals surface area contributed by atoms with Gasteiger partial charge >= 0.3 is 0 Å². The lowest BCUT2D eigenvalue weighted by Crippen LogP contribution is -2.39. The van der Waals surface area contributed by atoms with Crippen LogP contribution in [0, 0.1) is 5.92 Å². The normalized spacial score (nSPS) is 26.4. The molecule has 1 aromatic carbocycles. The molecule has 2 rings (SSSR count). The van der Waals surface area contributed by atoms with E-state index in [2.05, 4.69) is 0 Å². The molecular weight excluding hydrogens is 300 g/mol. The molecule has 0 unspecified atom stereocenters. The van der Waals surface area contributed by atoms with Gasteiger partial charge in [-0.3, -0.25) is 4.79 Å². The van der Waals surface area contributed by atoms with E-state index in [-0.39, 0.29) is 23.7 Å². The van der Waals surface area contributed by atoms with Gasteiger partial charge < -0.3 is 24.8 Å². The van der Waals surface area contributed by atoms with Crippen LogP contribution in [0.25, 0.3) is 0 Å². The summed E-state index contributed by atoms with van der Waals surface area (Å²) >= 11 is 0. The van der Waals surface area contributed by atoms with Gasteiger partial charge in [0.05, 0.1) is 0 Å². The van der Waals surface area contributed by atoms with E-state index < -0.39 is 18.5 Å². The molecular formula is C17H22O6. The highest BCUT2D eigenvalue weighted by Gasteiger charge is 2.36.